The summed E-state index contributed by atoms with van der Waals surface area (Å²) in [5.41, 5.74) is 2.66. The molecule has 3 aromatic carbocycles. The molecule has 2 heterocycles. The lowest BCUT2D eigenvalue weighted by Gasteiger charge is -2.40. The Morgan fingerprint density at radius 3 is 1.84 bits per heavy atom. The molecule has 0 saturated carbocycles. The fraction of sp³-hybridized carbons (Fsp3) is 0.333. The molecule has 204 valence electrons. The second-order valence-corrected chi connectivity index (χ2v) is 8.04. The first-order valence-electron chi connectivity index (χ1n) is 12.5. The zero-order chi connectivity index (χ0) is 28.1. The van der Waals surface area contributed by atoms with E-state index in [-0.39, 0.29) is 23.6 Å². The van der Waals surface area contributed by atoms with Crippen molar-refractivity contribution in [3.63, 3.8) is 0 Å². The Morgan fingerprint density at radius 2 is 1.39 bits per heavy atom. The number of anilines is 1. The van der Waals surface area contributed by atoms with Crippen LogP contribution < -0.4 is 9.64 Å². The molecule has 0 aliphatic carbocycles. The first-order chi connectivity index (χ1) is 18.5. The molecule has 5 rings (SSSR count). The molecule has 1 amide bonds. The molecule has 8 heteroatoms. The molecular formula is C30H35F2NO5. The number of benzene rings is 3. The average Bonchev–Trinajstić information content (AvgIpc) is 3.46. The highest BCUT2D eigenvalue weighted by Gasteiger charge is 2.38. The predicted octanol–water partition coefficient (Wildman–Crippen LogP) is 6.59. The first-order valence-corrected chi connectivity index (χ1v) is 12.5. The number of ether oxygens (including phenoxy) is 3. The van der Waals surface area contributed by atoms with Crippen molar-refractivity contribution in [2.45, 2.75) is 45.4 Å². The van der Waals surface area contributed by atoms with Gasteiger partial charge in [0.15, 0.2) is 5.79 Å². The smallest absolute Gasteiger partial charge is 0.230 e. The molecule has 6 nitrogen and oxygen atoms in total. The molecular weight excluding hydrogens is 492 g/mol. The summed E-state index contributed by atoms with van der Waals surface area (Å²) >= 11 is 0. The van der Waals surface area contributed by atoms with Crippen LogP contribution in [0.15, 0.2) is 72.8 Å². The van der Waals surface area contributed by atoms with Crippen molar-refractivity contribution in [2.24, 2.45) is 0 Å². The minimum absolute atomic E-state index is 0.0128. The number of rotatable bonds is 5. The summed E-state index contributed by atoms with van der Waals surface area (Å²) in [6.45, 7) is 9.20. The summed E-state index contributed by atoms with van der Waals surface area (Å²) in [6.07, 6.45) is 1.21. The Hall–Kier alpha value is -3.62. The summed E-state index contributed by atoms with van der Waals surface area (Å²) in [6, 6.07) is 19.9. The number of carbonyl (C=O) groups is 2. The highest BCUT2D eigenvalue weighted by atomic mass is 19.1. The largest absolute Gasteiger partial charge is 0.497 e. The van der Waals surface area contributed by atoms with Gasteiger partial charge in [-0.2, -0.15) is 0 Å². The molecule has 2 saturated heterocycles. The fourth-order valence-corrected chi connectivity index (χ4v) is 4.17. The quantitative estimate of drug-likeness (QED) is 0.350. The molecule has 38 heavy (non-hydrogen) atoms. The van der Waals surface area contributed by atoms with Crippen LogP contribution in [-0.2, 0) is 24.8 Å². The molecule has 2 aliphatic rings. The van der Waals surface area contributed by atoms with E-state index < -0.39 is 5.79 Å². The Kier molecular flexibility index (Phi) is 12.0. The standard InChI is InChI=1S/C16H14FNO2.C11H13FO2.C2H6.CH2O/c1-20-14-8-2-11(3-9-14)15-10-16(19)18(15)13-6-4-12(17)5-7-13;1-2-11(13-7-8-14-11)9-3-5-10(12)6-4-9;2*1-2/h2-9,15H,10H2,1H3;3-6H,2,7-8H2,1H3;1-2H3;1H2. The zero-order valence-corrected chi connectivity index (χ0v) is 22.3. The lowest BCUT2D eigenvalue weighted by atomic mass is 9.93. The number of halogens is 2. The molecule has 0 aromatic heterocycles. The number of hydrogen-bond acceptors (Lipinski definition) is 5. The third kappa shape index (κ3) is 7.24. The third-order valence-corrected chi connectivity index (χ3v) is 6.06. The van der Waals surface area contributed by atoms with Crippen LogP contribution in [0.25, 0.3) is 0 Å². The molecule has 3 aromatic rings. The number of amides is 1. The molecule has 1 atom stereocenters. The van der Waals surface area contributed by atoms with Crippen LogP contribution in [0.1, 0.15) is 50.8 Å². The van der Waals surface area contributed by atoms with Crippen molar-refractivity contribution in [3.8, 4) is 5.75 Å². The van der Waals surface area contributed by atoms with Crippen molar-refractivity contribution in [1.29, 1.82) is 0 Å². The Labute approximate surface area is 223 Å². The van der Waals surface area contributed by atoms with Crippen LogP contribution >= 0.6 is 0 Å². The maximum absolute atomic E-state index is 13.0. The van der Waals surface area contributed by atoms with E-state index >= 15 is 0 Å². The van der Waals surface area contributed by atoms with E-state index in [2.05, 4.69) is 0 Å². The number of β-lactam (4-membered cyclic amide) rings is 1. The van der Waals surface area contributed by atoms with E-state index in [0.717, 1.165) is 29.0 Å². The van der Waals surface area contributed by atoms with Crippen molar-refractivity contribution in [2.75, 3.05) is 25.2 Å². The minimum Gasteiger partial charge on any atom is -0.497 e. The van der Waals surface area contributed by atoms with Crippen LogP contribution in [0, 0.1) is 11.6 Å². The lowest BCUT2D eigenvalue weighted by molar-refractivity contribution is -0.167. The summed E-state index contributed by atoms with van der Waals surface area (Å²) in [5.74, 6) is -0.348. The Bertz CT molecular complexity index is 1110. The van der Waals surface area contributed by atoms with Crippen LogP contribution in [0.3, 0.4) is 0 Å². The van der Waals surface area contributed by atoms with E-state index in [1.54, 1.807) is 36.3 Å². The van der Waals surface area contributed by atoms with Gasteiger partial charge in [-0.05, 0) is 54.1 Å². The number of methoxy groups -OCH3 is 1. The van der Waals surface area contributed by atoms with Gasteiger partial charge in [0.25, 0.3) is 0 Å². The lowest BCUT2D eigenvalue weighted by Crippen LogP contribution is -2.46. The summed E-state index contributed by atoms with van der Waals surface area (Å²) in [4.78, 5) is 21.5. The summed E-state index contributed by atoms with van der Waals surface area (Å²) in [7, 11) is 1.62. The topological polar surface area (TPSA) is 65.1 Å². The van der Waals surface area contributed by atoms with E-state index in [9.17, 15) is 13.6 Å². The van der Waals surface area contributed by atoms with E-state index in [1.807, 2.05) is 51.8 Å². The highest BCUT2D eigenvalue weighted by molar-refractivity contribution is 6.01. The number of nitrogens with zero attached hydrogens (tertiary/aromatic N) is 1. The first kappa shape index (κ1) is 30.6. The Balaban J connectivity index is 0.000000247. The van der Waals surface area contributed by atoms with Crippen molar-refractivity contribution in [1.82, 2.24) is 0 Å². The van der Waals surface area contributed by atoms with Gasteiger partial charge in [0.1, 0.15) is 24.2 Å². The van der Waals surface area contributed by atoms with Crippen molar-refractivity contribution >= 4 is 18.4 Å². The van der Waals surface area contributed by atoms with Gasteiger partial charge in [-0.3, -0.25) is 4.79 Å². The molecule has 0 radical (unpaired) electrons. The molecule has 0 spiro atoms. The van der Waals surface area contributed by atoms with Crippen LogP contribution in [0.4, 0.5) is 14.5 Å². The van der Waals surface area contributed by atoms with E-state index in [1.165, 1.54) is 24.3 Å². The number of hydrogen-bond donors (Lipinski definition) is 0. The minimum atomic E-state index is -0.645. The fourth-order valence-electron chi connectivity index (χ4n) is 4.17. The SMILES string of the molecule is C=O.CC.CCC1(c2ccc(F)cc2)OCCO1.COc1ccc(C2CC(=O)N2c2ccc(F)cc2)cc1. The second-order valence-electron chi connectivity index (χ2n) is 8.04. The van der Waals surface area contributed by atoms with Crippen molar-refractivity contribution in [3.05, 3.63) is 95.6 Å². The average molecular weight is 528 g/mol. The monoisotopic (exact) mass is 527 g/mol. The zero-order valence-electron chi connectivity index (χ0n) is 22.3. The molecule has 0 N–H and O–H groups in total. The maximum Gasteiger partial charge on any atom is 0.230 e. The normalized spacial score (nSPS) is 16.9. The van der Waals surface area contributed by atoms with Gasteiger partial charge in [-0.25, -0.2) is 8.78 Å². The van der Waals surface area contributed by atoms with Gasteiger partial charge in [-0.15, -0.1) is 0 Å². The van der Waals surface area contributed by atoms with Crippen LogP contribution in [0.2, 0.25) is 0 Å². The molecule has 2 fully saturated rings. The summed E-state index contributed by atoms with van der Waals surface area (Å²) < 4.78 is 41.9. The molecule has 1 unspecified atom stereocenters. The van der Waals surface area contributed by atoms with E-state index in [4.69, 9.17) is 19.0 Å². The van der Waals surface area contributed by atoms with Gasteiger partial charge in [-0.1, -0.05) is 45.0 Å². The Morgan fingerprint density at radius 1 is 0.895 bits per heavy atom. The summed E-state index contributed by atoms with van der Waals surface area (Å²) in [5, 5.41) is 0. The van der Waals surface area contributed by atoms with Gasteiger partial charge >= 0.3 is 0 Å². The van der Waals surface area contributed by atoms with Gasteiger partial charge in [0, 0.05) is 17.7 Å². The van der Waals surface area contributed by atoms with E-state index in [0.29, 0.717) is 19.6 Å². The highest BCUT2D eigenvalue weighted by Crippen LogP contribution is 2.39. The maximum atomic E-state index is 13.0. The molecule has 0 bridgehead atoms. The van der Waals surface area contributed by atoms with Crippen molar-refractivity contribution < 1.29 is 32.6 Å². The second kappa shape index (κ2) is 15.0. The van der Waals surface area contributed by atoms with Gasteiger partial charge in [0.05, 0.1) is 32.8 Å². The predicted molar refractivity (Wildman–Crippen MR) is 143 cm³/mol. The van der Waals surface area contributed by atoms with Crippen LogP contribution in [-0.4, -0.2) is 33.0 Å². The number of carbonyl (C=O) groups excluding carboxylic acids is 2. The third-order valence-electron chi connectivity index (χ3n) is 6.06. The molecule has 2 aliphatic heterocycles. The van der Waals surface area contributed by atoms with Gasteiger partial charge in [0.2, 0.25) is 5.91 Å². The van der Waals surface area contributed by atoms with Crippen LogP contribution in [0.5, 0.6) is 5.75 Å². The van der Waals surface area contributed by atoms with Gasteiger partial charge < -0.3 is 23.9 Å².